The third-order valence-electron chi connectivity index (χ3n) is 5.36. The molecule has 1 aliphatic heterocycles. The van der Waals surface area contributed by atoms with Gasteiger partial charge in [-0.2, -0.15) is 0 Å². The predicted molar refractivity (Wildman–Crippen MR) is 116 cm³/mol. The first kappa shape index (κ1) is 20.9. The lowest BCUT2D eigenvalue weighted by Gasteiger charge is -2.35. The van der Waals surface area contributed by atoms with Crippen molar-refractivity contribution in [2.75, 3.05) is 38.0 Å². The van der Waals surface area contributed by atoms with Gasteiger partial charge in [-0.1, -0.05) is 42.0 Å². The van der Waals surface area contributed by atoms with Crippen LogP contribution in [-0.2, 0) is 4.79 Å². The minimum absolute atomic E-state index is 0.0278. The van der Waals surface area contributed by atoms with Crippen LogP contribution in [0, 0.1) is 13.8 Å². The van der Waals surface area contributed by atoms with Crippen LogP contribution < -0.4 is 10.6 Å². The molecular weight excluding hydrogens is 364 g/mol. The van der Waals surface area contributed by atoms with Crippen molar-refractivity contribution in [2.24, 2.45) is 0 Å². The van der Waals surface area contributed by atoms with Crippen LogP contribution in [0.2, 0.25) is 0 Å². The lowest BCUT2D eigenvalue weighted by atomic mass is 10.0. The van der Waals surface area contributed by atoms with Crippen molar-refractivity contribution in [1.29, 1.82) is 0 Å². The van der Waals surface area contributed by atoms with Gasteiger partial charge in [-0.05, 0) is 44.0 Å². The summed E-state index contributed by atoms with van der Waals surface area (Å²) in [5, 5.41) is 6.02. The number of nitrogens with zero attached hydrogens (tertiary/aromatic N) is 2. The van der Waals surface area contributed by atoms with E-state index in [2.05, 4.69) is 28.5 Å². The van der Waals surface area contributed by atoms with E-state index in [0.717, 1.165) is 16.8 Å². The number of hydrogen-bond acceptors (Lipinski definition) is 3. The highest BCUT2D eigenvalue weighted by molar-refractivity contribution is 5.92. The zero-order chi connectivity index (χ0) is 20.8. The molecule has 1 aliphatic rings. The molecule has 2 aromatic carbocycles. The molecule has 0 radical (unpaired) electrons. The van der Waals surface area contributed by atoms with Crippen molar-refractivity contribution in [3.05, 3.63) is 65.2 Å². The number of hydrogen-bond donors (Lipinski definition) is 2. The van der Waals surface area contributed by atoms with E-state index in [9.17, 15) is 9.59 Å². The van der Waals surface area contributed by atoms with Crippen molar-refractivity contribution in [3.8, 4) is 0 Å². The molecule has 0 aliphatic carbocycles. The minimum Gasteiger partial charge on any atom is -0.331 e. The van der Waals surface area contributed by atoms with Crippen molar-refractivity contribution >= 4 is 17.6 Å². The summed E-state index contributed by atoms with van der Waals surface area (Å²) in [6, 6.07) is 15.8. The van der Waals surface area contributed by atoms with Gasteiger partial charge in [0.05, 0.1) is 12.6 Å². The van der Waals surface area contributed by atoms with Crippen molar-refractivity contribution in [1.82, 2.24) is 15.1 Å². The highest BCUT2D eigenvalue weighted by Gasteiger charge is 2.23. The van der Waals surface area contributed by atoms with Gasteiger partial charge in [0.25, 0.3) is 0 Å². The molecule has 0 bridgehead atoms. The van der Waals surface area contributed by atoms with Crippen LogP contribution in [0.25, 0.3) is 0 Å². The highest BCUT2D eigenvalue weighted by atomic mass is 16.2. The first-order valence-electron chi connectivity index (χ1n) is 10.1. The Morgan fingerprint density at radius 1 is 0.966 bits per heavy atom. The second-order valence-electron chi connectivity index (χ2n) is 7.71. The number of carbonyl (C=O) groups excluding carboxylic acids is 2. The van der Waals surface area contributed by atoms with Crippen LogP contribution in [0.1, 0.15) is 29.7 Å². The van der Waals surface area contributed by atoms with Crippen molar-refractivity contribution in [2.45, 2.75) is 26.8 Å². The average molecular weight is 395 g/mol. The number of urea groups is 1. The predicted octanol–water partition coefficient (Wildman–Crippen LogP) is 3.33. The summed E-state index contributed by atoms with van der Waals surface area (Å²) in [4.78, 5) is 28.8. The highest BCUT2D eigenvalue weighted by Crippen LogP contribution is 2.17. The second kappa shape index (κ2) is 9.56. The number of nitrogens with one attached hydrogen (secondary N) is 2. The maximum atomic E-state index is 12.6. The molecule has 6 heteroatoms. The Balaban J connectivity index is 1.43. The molecule has 1 atom stereocenters. The second-order valence-corrected chi connectivity index (χ2v) is 7.71. The van der Waals surface area contributed by atoms with Crippen molar-refractivity contribution in [3.63, 3.8) is 0 Å². The summed E-state index contributed by atoms with van der Waals surface area (Å²) < 4.78 is 0. The fraction of sp³-hybridized carbons (Fsp3) is 0.391. The Labute approximate surface area is 172 Å². The van der Waals surface area contributed by atoms with E-state index in [1.165, 1.54) is 5.56 Å². The number of carbonyl (C=O) groups is 2. The number of benzene rings is 2. The fourth-order valence-electron chi connectivity index (χ4n) is 3.58. The molecular formula is C23H30N4O2. The average Bonchev–Trinajstić information content (AvgIpc) is 2.70. The van der Waals surface area contributed by atoms with E-state index in [1.807, 2.05) is 61.2 Å². The first-order valence-corrected chi connectivity index (χ1v) is 10.1. The summed E-state index contributed by atoms with van der Waals surface area (Å²) in [7, 11) is 0. The lowest BCUT2D eigenvalue weighted by Crippen LogP contribution is -2.53. The standard InChI is InChI=1S/C23H30N4O2/c1-17-8-10-20(11-9-17)25-22(28)16-26-12-14-27(15-13-26)23(29)24-19(3)21-7-5-4-6-18(21)2/h4-11,19H,12-16H2,1-3H3,(H,24,29)(H,25,28)/t19-/m1/s1. The Hall–Kier alpha value is -2.86. The van der Waals surface area contributed by atoms with E-state index in [0.29, 0.717) is 32.7 Å². The van der Waals surface area contributed by atoms with Gasteiger partial charge < -0.3 is 15.5 Å². The Kier molecular flexibility index (Phi) is 6.88. The molecule has 0 unspecified atom stereocenters. The van der Waals surface area contributed by atoms with E-state index < -0.39 is 0 Å². The zero-order valence-corrected chi connectivity index (χ0v) is 17.4. The van der Waals surface area contributed by atoms with Gasteiger partial charge in [-0.25, -0.2) is 4.79 Å². The van der Waals surface area contributed by atoms with Gasteiger partial charge in [0.2, 0.25) is 5.91 Å². The Bertz CT molecular complexity index is 842. The van der Waals surface area contributed by atoms with Crippen LogP contribution in [-0.4, -0.2) is 54.5 Å². The molecule has 154 valence electrons. The van der Waals surface area contributed by atoms with E-state index in [-0.39, 0.29) is 18.0 Å². The largest absolute Gasteiger partial charge is 0.331 e. The van der Waals surface area contributed by atoms with E-state index in [4.69, 9.17) is 0 Å². The molecule has 1 saturated heterocycles. The van der Waals surface area contributed by atoms with Crippen LogP contribution in [0.3, 0.4) is 0 Å². The van der Waals surface area contributed by atoms with Gasteiger partial charge in [-0.15, -0.1) is 0 Å². The summed E-state index contributed by atoms with van der Waals surface area (Å²) in [6.07, 6.45) is 0. The molecule has 2 aromatic rings. The molecule has 0 spiro atoms. The van der Waals surface area contributed by atoms with Gasteiger partial charge in [0.15, 0.2) is 0 Å². The topological polar surface area (TPSA) is 64.7 Å². The molecule has 1 heterocycles. The molecule has 0 aromatic heterocycles. The maximum Gasteiger partial charge on any atom is 0.317 e. The monoisotopic (exact) mass is 394 g/mol. The summed E-state index contributed by atoms with van der Waals surface area (Å²) in [6.45, 7) is 9.02. The molecule has 3 rings (SSSR count). The van der Waals surface area contributed by atoms with Gasteiger partial charge in [0.1, 0.15) is 0 Å². The van der Waals surface area contributed by atoms with Gasteiger partial charge in [-0.3, -0.25) is 9.69 Å². The van der Waals surface area contributed by atoms with Gasteiger partial charge in [0, 0.05) is 31.9 Å². The fourth-order valence-corrected chi connectivity index (χ4v) is 3.58. The van der Waals surface area contributed by atoms with Crippen LogP contribution in [0.15, 0.2) is 48.5 Å². The number of piperazine rings is 1. The number of rotatable bonds is 5. The minimum atomic E-state index is -0.0514. The third kappa shape index (κ3) is 5.81. The molecule has 2 N–H and O–H groups in total. The lowest BCUT2D eigenvalue weighted by molar-refractivity contribution is -0.117. The Morgan fingerprint density at radius 3 is 2.28 bits per heavy atom. The number of anilines is 1. The van der Waals surface area contributed by atoms with Gasteiger partial charge >= 0.3 is 6.03 Å². The van der Waals surface area contributed by atoms with Crippen LogP contribution >= 0.6 is 0 Å². The van der Waals surface area contributed by atoms with E-state index >= 15 is 0 Å². The molecule has 29 heavy (non-hydrogen) atoms. The van der Waals surface area contributed by atoms with E-state index in [1.54, 1.807) is 0 Å². The SMILES string of the molecule is Cc1ccc(NC(=O)CN2CCN(C(=O)N[C@H](C)c3ccccc3C)CC2)cc1. The van der Waals surface area contributed by atoms with Crippen LogP contribution in [0.5, 0.6) is 0 Å². The number of amides is 3. The smallest absolute Gasteiger partial charge is 0.317 e. The normalized spacial score (nSPS) is 15.6. The molecule has 6 nitrogen and oxygen atoms in total. The first-order chi connectivity index (χ1) is 13.9. The molecule has 3 amide bonds. The van der Waals surface area contributed by atoms with Crippen LogP contribution in [0.4, 0.5) is 10.5 Å². The molecule has 1 fully saturated rings. The maximum absolute atomic E-state index is 12.6. The van der Waals surface area contributed by atoms with Crippen molar-refractivity contribution < 1.29 is 9.59 Å². The summed E-state index contributed by atoms with van der Waals surface area (Å²) >= 11 is 0. The quantitative estimate of drug-likeness (QED) is 0.818. The Morgan fingerprint density at radius 2 is 1.62 bits per heavy atom. The molecule has 0 saturated carbocycles. The zero-order valence-electron chi connectivity index (χ0n) is 17.4. The summed E-state index contributed by atoms with van der Waals surface area (Å²) in [5.74, 6) is -0.0278. The third-order valence-corrected chi connectivity index (χ3v) is 5.36. The number of aryl methyl sites for hydroxylation is 2. The summed E-state index contributed by atoms with van der Waals surface area (Å²) in [5.41, 5.74) is 4.27.